The van der Waals surface area contributed by atoms with Crippen LogP contribution in [-0.2, 0) is 4.79 Å². The van der Waals surface area contributed by atoms with Crippen molar-refractivity contribution in [1.82, 2.24) is 0 Å². The molecule has 0 fully saturated rings. The number of benzene rings is 2. The molecule has 3 nitrogen and oxygen atoms in total. The van der Waals surface area contributed by atoms with Gasteiger partial charge >= 0.3 is 0 Å². The molecule has 0 aliphatic heterocycles. The van der Waals surface area contributed by atoms with Crippen LogP contribution in [0.15, 0.2) is 53.4 Å². The van der Waals surface area contributed by atoms with Crippen LogP contribution in [0, 0.1) is 6.92 Å². The van der Waals surface area contributed by atoms with Crippen LogP contribution in [0.1, 0.15) is 12.5 Å². The highest BCUT2D eigenvalue weighted by Gasteiger charge is 2.15. The normalized spacial score (nSPS) is 11.9. The Hall–Kier alpha value is -1.94. The van der Waals surface area contributed by atoms with Crippen LogP contribution >= 0.6 is 11.8 Å². The maximum Gasteiger partial charge on any atom is 0.237 e. The molecule has 0 saturated heterocycles. The Morgan fingerprint density at radius 1 is 1.20 bits per heavy atom. The van der Waals surface area contributed by atoms with Gasteiger partial charge < -0.3 is 11.1 Å². The summed E-state index contributed by atoms with van der Waals surface area (Å²) in [5.74, 6) is -0.00766. The van der Waals surface area contributed by atoms with E-state index in [0.29, 0.717) is 5.69 Å². The topological polar surface area (TPSA) is 55.1 Å². The van der Waals surface area contributed by atoms with Gasteiger partial charge in [0.15, 0.2) is 0 Å². The molecule has 0 heterocycles. The minimum absolute atomic E-state index is 0.00766. The molecule has 0 saturated carbocycles. The van der Waals surface area contributed by atoms with Crippen molar-refractivity contribution in [3.8, 4) is 0 Å². The van der Waals surface area contributed by atoms with Crippen LogP contribution in [0.2, 0.25) is 0 Å². The first-order valence-corrected chi connectivity index (χ1v) is 7.33. The number of aryl methyl sites for hydroxylation is 1. The van der Waals surface area contributed by atoms with E-state index in [1.54, 1.807) is 0 Å². The molecular formula is C16H18N2OS. The molecule has 0 aliphatic carbocycles. The Kier molecular flexibility index (Phi) is 4.69. The molecule has 0 aliphatic rings. The summed E-state index contributed by atoms with van der Waals surface area (Å²) >= 11 is 1.50. The Morgan fingerprint density at radius 2 is 1.95 bits per heavy atom. The average Bonchev–Trinajstić information content (AvgIpc) is 2.41. The number of hydrogen-bond acceptors (Lipinski definition) is 3. The van der Waals surface area contributed by atoms with Gasteiger partial charge in [-0.1, -0.05) is 24.3 Å². The highest BCUT2D eigenvalue weighted by molar-refractivity contribution is 8.00. The van der Waals surface area contributed by atoms with Crippen molar-refractivity contribution in [3.63, 3.8) is 0 Å². The van der Waals surface area contributed by atoms with Gasteiger partial charge in [0.05, 0.1) is 5.25 Å². The minimum atomic E-state index is -0.184. The number of hydrogen-bond donors (Lipinski definition) is 2. The Morgan fingerprint density at radius 3 is 2.65 bits per heavy atom. The van der Waals surface area contributed by atoms with E-state index in [9.17, 15) is 4.79 Å². The van der Waals surface area contributed by atoms with Crippen LogP contribution < -0.4 is 11.1 Å². The molecular weight excluding hydrogens is 268 g/mol. The van der Waals surface area contributed by atoms with E-state index in [4.69, 9.17) is 5.73 Å². The molecule has 2 rings (SSSR count). The molecule has 2 aromatic rings. The largest absolute Gasteiger partial charge is 0.399 e. The van der Waals surface area contributed by atoms with E-state index in [2.05, 4.69) is 5.32 Å². The van der Waals surface area contributed by atoms with E-state index >= 15 is 0 Å². The number of nitrogen functional groups attached to an aromatic ring is 1. The van der Waals surface area contributed by atoms with Gasteiger partial charge in [-0.3, -0.25) is 4.79 Å². The highest BCUT2D eigenvalue weighted by Crippen LogP contribution is 2.26. The summed E-state index contributed by atoms with van der Waals surface area (Å²) < 4.78 is 0. The minimum Gasteiger partial charge on any atom is -0.399 e. The van der Waals surface area contributed by atoms with E-state index in [0.717, 1.165) is 16.1 Å². The summed E-state index contributed by atoms with van der Waals surface area (Å²) in [5, 5.41) is 2.77. The third kappa shape index (κ3) is 3.78. The van der Waals surface area contributed by atoms with Crippen LogP contribution in [0.4, 0.5) is 11.4 Å². The lowest BCUT2D eigenvalue weighted by molar-refractivity contribution is -0.115. The number of anilines is 2. The second-order valence-corrected chi connectivity index (χ2v) is 6.05. The summed E-state index contributed by atoms with van der Waals surface area (Å²) in [7, 11) is 0. The molecule has 104 valence electrons. The summed E-state index contributed by atoms with van der Waals surface area (Å²) in [4.78, 5) is 13.2. The van der Waals surface area contributed by atoms with Crippen LogP contribution in [0.3, 0.4) is 0 Å². The lowest BCUT2D eigenvalue weighted by atomic mass is 10.2. The number of para-hydroxylation sites is 1. The average molecular weight is 286 g/mol. The first kappa shape index (κ1) is 14.5. The van der Waals surface area contributed by atoms with Gasteiger partial charge in [-0.15, -0.1) is 11.8 Å². The smallest absolute Gasteiger partial charge is 0.237 e. The van der Waals surface area contributed by atoms with Gasteiger partial charge in [0, 0.05) is 16.3 Å². The third-order valence-electron chi connectivity index (χ3n) is 2.94. The maximum absolute atomic E-state index is 12.2. The number of amides is 1. The molecule has 3 N–H and O–H groups in total. The number of carbonyl (C=O) groups is 1. The third-order valence-corrected chi connectivity index (χ3v) is 4.04. The van der Waals surface area contributed by atoms with Crippen molar-refractivity contribution >= 4 is 29.0 Å². The number of nitrogens with two attached hydrogens (primary N) is 1. The second kappa shape index (κ2) is 6.48. The van der Waals surface area contributed by atoms with E-state index in [1.807, 2.05) is 62.4 Å². The van der Waals surface area contributed by atoms with Crippen LogP contribution in [0.5, 0.6) is 0 Å². The lowest BCUT2D eigenvalue weighted by Gasteiger charge is -2.13. The highest BCUT2D eigenvalue weighted by atomic mass is 32.2. The summed E-state index contributed by atoms with van der Waals surface area (Å²) in [6.45, 7) is 3.87. The van der Waals surface area contributed by atoms with Crippen molar-refractivity contribution in [2.75, 3.05) is 11.1 Å². The van der Waals surface area contributed by atoms with E-state index in [1.165, 1.54) is 11.8 Å². The fourth-order valence-electron chi connectivity index (χ4n) is 1.79. The Labute approximate surface area is 123 Å². The number of rotatable bonds is 4. The van der Waals surface area contributed by atoms with Gasteiger partial charge in [-0.05, 0) is 43.7 Å². The molecule has 20 heavy (non-hydrogen) atoms. The maximum atomic E-state index is 12.2. The van der Waals surface area contributed by atoms with Crippen molar-refractivity contribution in [2.45, 2.75) is 24.0 Å². The molecule has 0 spiro atoms. The first-order chi connectivity index (χ1) is 9.56. The van der Waals surface area contributed by atoms with E-state index < -0.39 is 0 Å². The number of nitrogens with one attached hydrogen (secondary N) is 1. The fraction of sp³-hybridized carbons (Fsp3) is 0.188. The zero-order chi connectivity index (χ0) is 14.5. The van der Waals surface area contributed by atoms with Gasteiger partial charge in [-0.2, -0.15) is 0 Å². The van der Waals surface area contributed by atoms with Crippen molar-refractivity contribution in [3.05, 3.63) is 54.1 Å². The number of thioether (sulfide) groups is 1. The van der Waals surface area contributed by atoms with Crippen LogP contribution in [0.25, 0.3) is 0 Å². The molecule has 0 radical (unpaired) electrons. The molecule has 4 heteroatoms. The van der Waals surface area contributed by atoms with Crippen molar-refractivity contribution < 1.29 is 4.79 Å². The Balaban J connectivity index is 2.01. The summed E-state index contributed by atoms with van der Waals surface area (Å²) in [5.41, 5.74) is 8.37. The van der Waals surface area contributed by atoms with Gasteiger partial charge in [0.25, 0.3) is 0 Å². The van der Waals surface area contributed by atoms with Crippen molar-refractivity contribution in [2.24, 2.45) is 0 Å². The van der Waals surface area contributed by atoms with Gasteiger partial charge in [0.1, 0.15) is 0 Å². The quantitative estimate of drug-likeness (QED) is 0.665. The molecule has 1 amide bonds. The monoisotopic (exact) mass is 286 g/mol. The SMILES string of the molecule is Cc1ccccc1NC(=O)C(C)Sc1cccc(N)c1. The standard InChI is InChI=1S/C16H18N2OS/c1-11-6-3-4-9-15(11)18-16(19)12(2)20-14-8-5-7-13(17)10-14/h3-10,12H,17H2,1-2H3,(H,18,19). The fourth-order valence-corrected chi connectivity index (χ4v) is 2.73. The zero-order valence-corrected chi connectivity index (χ0v) is 12.4. The molecule has 0 aromatic heterocycles. The molecule has 2 aromatic carbocycles. The van der Waals surface area contributed by atoms with Gasteiger partial charge in [0.2, 0.25) is 5.91 Å². The predicted molar refractivity (Wildman–Crippen MR) is 86.0 cm³/mol. The van der Waals surface area contributed by atoms with Crippen LogP contribution in [-0.4, -0.2) is 11.2 Å². The summed E-state index contributed by atoms with van der Waals surface area (Å²) in [6.07, 6.45) is 0. The Bertz CT molecular complexity index is 613. The molecule has 1 unspecified atom stereocenters. The number of carbonyl (C=O) groups excluding carboxylic acids is 1. The zero-order valence-electron chi connectivity index (χ0n) is 11.6. The first-order valence-electron chi connectivity index (χ1n) is 6.45. The van der Waals surface area contributed by atoms with Gasteiger partial charge in [-0.25, -0.2) is 0 Å². The molecule has 0 bridgehead atoms. The predicted octanol–water partition coefficient (Wildman–Crippen LogP) is 3.70. The second-order valence-electron chi connectivity index (χ2n) is 4.64. The summed E-state index contributed by atoms with van der Waals surface area (Å²) in [6, 6.07) is 15.3. The van der Waals surface area contributed by atoms with Crippen molar-refractivity contribution in [1.29, 1.82) is 0 Å². The molecule has 1 atom stereocenters. The van der Waals surface area contributed by atoms with E-state index in [-0.39, 0.29) is 11.2 Å². The lowest BCUT2D eigenvalue weighted by Crippen LogP contribution is -2.22.